The van der Waals surface area contributed by atoms with Crippen molar-refractivity contribution in [1.29, 1.82) is 0 Å². The van der Waals surface area contributed by atoms with Crippen molar-refractivity contribution in [3.8, 4) is 5.75 Å². The summed E-state index contributed by atoms with van der Waals surface area (Å²) in [6.07, 6.45) is 3.57. The molecule has 0 atom stereocenters. The molecule has 1 aromatic carbocycles. The second-order valence-corrected chi connectivity index (χ2v) is 3.66. The first-order valence-electron chi connectivity index (χ1n) is 4.89. The average Bonchev–Trinajstić information content (AvgIpc) is 2.19. The molecule has 0 amide bonds. The Labute approximate surface area is 90.8 Å². The number of hydrogen-bond acceptors (Lipinski definition) is 2. The summed E-state index contributed by atoms with van der Waals surface area (Å²) in [7, 11) is 0.823. The molecular formula is C12H15BO2. The fourth-order valence-electron chi connectivity index (χ4n) is 1.26. The van der Waals surface area contributed by atoms with Gasteiger partial charge in [-0.15, -0.1) is 5.47 Å². The van der Waals surface area contributed by atoms with Gasteiger partial charge in [-0.25, -0.2) is 0 Å². The summed E-state index contributed by atoms with van der Waals surface area (Å²) >= 11 is 0. The van der Waals surface area contributed by atoms with E-state index in [2.05, 4.69) is 0 Å². The fraction of sp³-hybridized carbons (Fsp3) is 0.167. The summed E-state index contributed by atoms with van der Waals surface area (Å²) in [5, 5.41) is 18.1. The lowest BCUT2D eigenvalue weighted by molar-refractivity contribution is 0.414. The van der Waals surface area contributed by atoms with Crippen molar-refractivity contribution in [2.24, 2.45) is 0 Å². The number of phenols is 1. The molecule has 2 nitrogen and oxygen atoms in total. The maximum Gasteiger partial charge on any atom is 0.186 e. The van der Waals surface area contributed by atoms with Gasteiger partial charge in [0.25, 0.3) is 0 Å². The van der Waals surface area contributed by atoms with E-state index in [1.165, 1.54) is 0 Å². The summed E-state index contributed by atoms with van der Waals surface area (Å²) in [6, 6.07) is 7.13. The Hall–Kier alpha value is -1.64. The van der Waals surface area contributed by atoms with Crippen LogP contribution in [0.4, 0.5) is 0 Å². The Morgan fingerprint density at radius 1 is 1.13 bits per heavy atom. The maximum absolute atomic E-state index is 9.11. The zero-order valence-corrected chi connectivity index (χ0v) is 9.07. The molecule has 0 heterocycles. The number of hydrogen-bond donors (Lipinski definition) is 2. The first-order chi connectivity index (χ1) is 7.08. The molecule has 0 unspecified atom stereocenters. The molecule has 3 heteroatoms. The maximum atomic E-state index is 9.11. The highest BCUT2D eigenvalue weighted by Gasteiger charge is 1.97. The lowest BCUT2D eigenvalue weighted by Crippen LogP contribution is -2.14. The number of aliphatic hydroxyl groups excluding tert-OH is 1. The lowest BCUT2D eigenvalue weighted by atomic mass is 9.64. The van der Waals surface area contributed by atoms with Crippen LogP contribution in [0.5, 0.6) is 5.75 Å². The predicted octanol–water partition coefficient (Wildman–Crippen LogP) is 1.82. The van der Waals surface area contributed by atoms with Gasteiger partial charge in [0.05, 0.1) is 5.76 Å². The number of phenolic OH excluding ortho intramolecular Hbond substituents is 1. The van der Waals surface area contributed by atoms with Crippen LogP contribution in [0.25, 0.3) is 0 Å². The molecule has 0 saturated carbocycles. The van der Waals surface area contributed by atoms with Gasteiger partial charge in [0.1, 0.15) is 5.75 Å². The molecule has 0 saturated heterocycles. The third-order valence-electron chi connectivity index (χ3n) is 2.03. The molecule has 2 N–H and O–H groups in total. The minimum atomic E-state index is 0.284. The van der Waals surface area contributed by atoms with Gasteiger partial charge in [-0.3, -0.25) is 0 Å². The summed E-state index contributed by atoms with van der Waals surface area (Å²) in [5.41, 5.74) is 2.31. The van der Waals surface area contributed by atoms with E-state index < -0.39 is 0 Å². The fourth-order valence-corrected chi connectivity index (χ4v) is 1.26. The third kappa shape index (κ3) is 4.41. The SMILES string of the molecule is C/C(Bc1ccc(O)cc1)=C\C=C(/C)O. The monoisotopic (exact) mass is 202 g/mol. The number of allylic oxidation sites excluding steroid dienone is 4. The molecule has 0 radical (unpaired) electrons. The molecule has 0 aliphatic carbocycles. The number of benzene rings is 1. The Morgan fingerprint density at radius 2 is 1.73 bits per heavy atom. The zero-order valence-electron chi connectivity index (χ0n) is 9.07. The standard InChI is InChI=1S/C12H15BO2/c1-9(3-4-10(2)14)13-11-5-7-12(15)8-6-11/h3-8,13-15H,1-2H3/b9-3+,10-4+. The molecular weight excluding hydrogens is 187 g/mol. The van der Waals surface area contributed by atoms with Gasteiger partial charge < -0.3 is 10.2 Å². The van der Waals surface area contributed by atoms with Crippen LogP contribution < -0.4 is 5.46 Å². The molecule has 0 aromatic heterocycles. The Morgan fingerprint density at radius 3 is 2.27 bits per heavy atom. The van der Waals surface area contributed by atoms with E-state index in [1.54, 1.807) is 25.1 Å². The largest absolute Gasteiger partial charge is 0.513 e. The van der Waals surface area contributed by atoms with Crippen LogP contribution in [0.2, 0.25) is 0 Å². The highest BCUT2D eigenvalue weighted by molar-refractivity contribution is 6.60. The second kappa shape index (κ2) is 5.30. The third-order valence-corrected chi connectivity index (χ3v) is 2.03. The normalized spacial score (nSPS) is 12.7. The van der Waals surface area contributed by atoms with Crippen LogP contribution in [-0.2, 0) is 0 Å². The van der Waals surface area contributed by atoms with Gasteiger partial charge in [0, 0.05) is 0 Å². The zero-order chi connectivity index (χ0) is 11.3. The van der Waals surface area contributed by atoms with E-state index in [1.807, 2.05) is 25.1 Å². The van der Waals surface area contributed by atoms with Crippen LogP contribution in [0.15, 0.2) is 47.6 Å². The van der Waals surface area contributed by atoms with E-state index in [0.29, 0.717) is 5.76 Å². The molecule has 0 bridgehead atoms. The molecule has 15 heavy (non-hydrogen) atoms. The van der Waals surface area contributed by atoms with Crippen molar-refractivity contribution in [2.75, 3.05) is 0 Å². The summed E-state index contributed by atoms with van der Waals surface area (Å²) in [4.78, 5) is 0. The van der Waals surface area contributed by atoms with Crippen molar-refractivity contribution >= 4 is 12.7 Å². The number of aromatic hydroxyl groups is 1. The van der Waals surface area contributed by atoms with Crippen molar-refractivity contribution in [3.05, 3.63) is 47.6 Å². The Bertz CT molecular complexity index is 373. The second-order valence-electron chi connectivity index (χ2n) is 3.66. The van der Waals surface area contributed by atoms with Crippen LogP contribution in [-0.4, -0.2) is 17.5 Å². The van der Waals surface area contributed by atoms with Crippen LogP contribution in [0.3, 0.4) is 0 Å². The van der Waals surface area contributed by atoms with Crippen molar-refractivity contribution in [1.82, 2.24) is 0 Å². The van der Waals surface area contributed by atoms with Crippen LogP contribution >= 0.6 is 0 Å². The predicted molar refractivity (Wildman–Crippen MR) is 65.0 cm³/mol. The molecule has 1 rings (SSSR count). The van der Waals surface area contributed by atoms with Gasteiger partial charge in [-0.1, -0.05) is 30.6 Å². The van der Waals surface area contributed by atoms with E-state index in [4.69, 9.17) is 10.2 Å². The van der Waals surface area contributed by atoms with Crippen LogP contribution in [0.1, 0.15) is 13.8 Å². The Balaban J connectivity index is 2.66. The number of rotatable bonds is 3. The smallest absolute Gasteiger partial charge is 0.186 e. The molecule has 78 valence electrons. The summed E-state index contributed by atoms with van der Waals surface area (Å²) in [6.45, 7) is 3.65. The minimum Gasteiger partial charge on any atom is -0.513 e. The minimum absolute atomic E-state index is 0.284. The quantitative estimate of drug-likeness (QED) is 0.445. The van der Waals surface area contributed by atoms with E-state index in [-0.39, 0.29) is 5.75 Å². The van der Waals surface area contributed by atoms with Gasteiger partial charge in [-0.05, 0) is 25.1 Å². The van der Waals surface area contributed by atoms with E-state index in [0.717, 1.165) is 18.2 Å². The van der Waals surface area contributed by atoms with Gasteiger partial charge in [0.15, 0.2) is 7.28 Å². The lowest BCUT2D eigenvalue weighted by Gasteiger charge is -1.99. The molecule has 0 aliphatic rings. The van der Waals surface area contributed by atoms with Crippen molar-refractivity contribution in [3.63, 3.8) is 0 Å². The van der Waals surface area contributed by atoms with E-state index in [9.17, 15) is 0 Å². The van der Waals surface area contributed by atoms with Crippen molar-refractivity contribution < 1.29 is 10.2 Å². The molecule has 0 aliphatic heterocycles. The number of aliphatic hydroxyl groups is 1. The Kier molecular flexibility index (Phi) is 4.04. The van der Waals surface area contributed by atoms with Gasteiger partial charge >= 0.3 is 0 Å². The molecule has 0 fully saturated rings. The molecule has 0 spiro atoms. The van der Waals surface area contributed by atoms with Gasteiger partial charge in [-0.2, -0.15) is 0 Å². The van der Waals surface area contributed by atoms with Gasteiger partial charge in [0.2, 0.25) is 0 Å². The summed E-state index contributed by atoms with van der Waals surface area (Å²) in [5.74, 6) is 0.589. The molecule has 1 aromatic rings. The first kappa shape index (κ1) is 11.4. The average molecular weight is 202 g/mol. The topological polar surface area (TPSA) is 40.5 Å². The summed E-state index contributed by atoms with van der Waals surface area (Å²) < 4.78 is 0. The first-order valence-corrected chi connectivity index (χ1v) is 4.89. The van der Waals surface area contributed by atoms with Crippen LogP contribution in [0, 0.1) is 0 Å². The highest BCUT2D eigenvalue weighted by atomic mass is 16.3. The van der Waals surface area contributed by atoms with E-state index >= 15 is 0 Å². The van der Waals surface area contributed by atoms with Crippen molar-refractivity contribution in [2.45, 2.75) is 13.8 Å². The highest BCUT2D eigenvalue weighted by Crippen LogP contribution is 2.03.